The van der Waals surface area contributed by atoms with Gasteiger partial charge < -0.3 is 29.0 Å². The first kappa shape index (κ1) is 19.8. The summed E-state index contributed by atoms with van der Waals surface area (Å²) in [4.78, 5) is 29.1. The average molecular weight is 411 g/mol. The van der Waals surface area contributed by atoms with E-state index in [9.17, 15) is 4.79 Å². The maximum Gasteiger partial charge on any atom is 0.282 e. The first-order valence-electron chi connectivity index (χ1n) is 9.71. The Morgan fingerprint density at radius 3 is 2.40 bits per heavy atom. The van der Waals surface area contributed by atoms with Crippen LogP contribution in [0.1, 0.15) is 5.56 Å². The Kier molecular flexibility index (Phi) is 5.35. The highest BCUT2D eigenvalue weighted by Gasteiger charge is 2.22. The van der Waals surface area contributed by atoms with Crippen molar-refractivity contribution in [3.63, 3.8) is 0 Å². The third kappa shape index (κ3) is 3.47. The molecular weight excluding hydrogens is 386 g/mol. The Morgan fingerprint density at radius 1 is 1.00 bits per heavy atom. The van der Waals surface area contributed by atoms with Crippen LogP contribution in [0.2, 0.25) is 0 Å². The number of hydrogen-bond donors (Lipinski definition) is 1. The standard InChI is InChI=1S/C21H25N5O4/c1-13-18-15(12-16(29-3)19(13)30-4)23-21(24-20(18)27)26-9-7-25(8-10-26)17-11-14(28-2)5-6-22-17/h5-6,11-12H,7-10H2,1-4H3,(H,23,24,27). The number of H-pyrrole nitrogens is 1. The maximum atomic E-state index is 12.8. The van der Waals surface area contributed by atoms with Crippen LogP contribution in [0.15, 0.2) is 29.2 Å². The normalized spacial score (nSPS) is 14.1. The monoisotopic (exact) mass is 411 g/mol. The van der Waals surface area contributed by atoms with E-state index in [0.29, 0.717) is 47.0 Å². The largest absolute Gasteiger partial charge is 0.497 e. The van der Waals surface area contributed by atoms with Crippen LogP contribution < -0.4 is 29.6 Å². The van der Waals surface area contributed by atoms with Crippen LogP contribution in [0.5, 0.6) is 17.2 Å². The lowest BCUT2D eigenvalue weighted by molar-refractivity contribution is 0.354. The van der Waals surface area contributed by atoms with Gasteiger partial charge in [0.1, 0.15) is 11.6 Å². The van der Waals surface area contributed by atoms with E-state index in [0.717, 1.165) is 24.7 Å². The predicted molar refractivity (Wildman–Crippen MR) is 115 cm³/mol. The summed E-state index contributed by atoms with van der Waals surface area (Å²) >= 11 is 0. The van der Waals surface area contributed by atoms with Gasteiger partial charge in [-0.1, -0.05) is 0 Å². The number of piperazine rings is 1. The van der Waals surface area contributed by atoms with Crippen LogP contribution in [-0.4, -0.2) is 62.5 Å². The first-order valence-corrected chi connectivity index (χ1v) is 9.71. The number of fused-ring (bicyclic) bond motifs is 1. The van der Waals surface area contributed by atoms with Crippen LogP contribution in [0.3, 0.4) is 0 Å². The number of aromatic nitrogens is 3. The topological polar surface area (TPSA) is 92.8 Å². The summed E-state index contributed by atoms with van der Waals surface area (Å²) in [5, 5.41) is 0.510. The summed E-state index contributed by atoms with van der Waals surface area (Å²) < 4.78 is 16.1. The fourth-order valence-corrected chi connectivity index (χ4v) is 3.85. The highest BCUT2D eigenvalue weighted by Crippen LogP contribution is 2.35. The van der Waals surface area contributed by atoms with Crippen LogP contribution >= 0.6 is 0 Å². The number of ether oxygens (including phenoxy) is 3. The summed E-state index contributed by atoms with van der Waals surface area (Å²) in [6, 6.07) is 5.53. The van der Waals surface area contributed by atoms with E-state index in [1.165, 1.54) is 0 Å². The van der Waals surface area contributed by atoms with Crippen molar-refractivity contribution >= 4 is 22.7 Å². The van der Waals surface area contributed by atoms with Crippen molar-refractivity contribution < 1.29 is 14.2 Å². The van der Waals surface area contributed by atoms with Crippen molar-refractivity contribution in [3.05, 3.63) is 40.3 Å². The molecule has 0 amide bonds. The van der Waals surface area contributed by atoms with Crippen molar-refractivity contribution in [1.29, 1.82) is 0 Å². The van der Waals surface area contributed by atoms with E-state index in [2.05, 4.69) is 24.8 Å². The molecule has 4 rings (SSSR count). The van der Waals surface area contributed by atoms with Gasteiger partial charge in [-0.05, 0) is 13.0 Å². The van der Waals surface area contributed by atoms with E-state index in [1.54, 1.807) is 33.6 Å². The number of nitrogens with one attached hydrogen (secondary N) is 1. The molecule has 0 atom stereocenters. The van der Waals surface area contributed by atoms with Gasteiger partial charge in [0.15, 0.2) is 11.5 Å². The molecule has 2 aromatic heterocycles. The smallest absolute Gasteiger partial charge is 0.282 e. The summed E-state index contributed by atoms with van der Waals surface area (Å²) in [7, 11) is 4.78. The molecule has 158 valence electrons. The lowest BCUT2D eigenvalue weighted by atomic mass is 10.1. The van der Waals surface area contributed by atoms with Crippen LogP contribution in [0.4, 0.5) is 11.8 Å². The third-order valence-electron chi connectivity index (χ3n) is 5.43. The van der Waals surface area contributed by atoms with E-state index in [1.807, 2.05) is 19.1 Å². The molecule has 1 aliphatic heterocycles. The molecule has 0 saturated carbocycles. The van der Waals surface area contributed by atoms with Gasteiger partial charge in [0.25, 0.3) is 5.56 Å². The Labute approximate surface area is 174 Å². The minimum atomic E-state index is -0.283. The summed E-state index contributed by atoms with van der Waals surface area (Å²) in [6.07, 6.45) is 1.74. The first-order chi connectivity index (χ1) is 14.5. The predicted octanol–water partition coefficient (Wildman–Crippen LogP) is 1.98. The zero-order valence-corrected chi connectivity index (χ0v) is 17.6. The minimum absolute atomic E-state index is 0.283. The van der Waals surface area contributed by atoms with Crippen LogP contribution in [0, 0.1) is 6.92 Å². The van der Waals surface area contributed by atoms with Crippen molar-refractivity contribution in [3.8, 4) is 17.2 Å². The Balaban J connectivity index is 1.61. The zero-order valence-electron chi connectivity index (χ0n) is 17.6. The zero-order chi connectivity index (χ0) is 21.3. The number of anilines is 2. The second-order valence-electron chi connectivity index (χ2n) is 7.05. The molecule has 30 heavy (non-hydrogen) atoms. The van der Waals surface area contributed by atoms with Crippen molar-refractivity contribution in [2.75, 3.05) is 57.3 Å². The molecule has 9 nitrogen and oxygen atoms in total. The number of aryl methyl sites for hydroxylation is 1. The highest BCUT2D eigenvalue weighted by molar-refractivity contribution is 5.86. The molecule has 1 N–H and O–H groups in total. The third-order valence-corrected chi connectivity index (χ3v) is 5.43. The van der Waals surface area contributed by atoms with E-state index in [4.69, 9.17) is 14.2 Å². The molecule has 0 unspecified atom stereocenters. The van der Waals surface area contributed by atoms with Crippen molar-refractivity contribution in [1.82, 2.24) is 15.0 Å². The molecule has 3 aromatic rings. The van der Waals surface area contributed by atoms with Crippen LogP contribution in [0.25, 0.3) is 10.9 Å². The molecule has 3 heterocycles. The molecule has 1 aliphatic rings. The summed E-state index contributed by atoms with van der Waals surface area (Å²) in [5.41, 5.74) is 1.10. The molecule has 1 aromatic carbocycles. The lowest BCUT2D eigenvalue weighted by Crippen LogP contribution is -2.47. The second-order valence-corrected chi connectivity index (χ2v) is 7.05. The number of hydrogen-bond acceptors (Lipinski definition) is 8. The van der Waals surface area contributed by atoms with Gasteiger partial charge in [-0.15, -0.1) is 0 Å². The molecule has 0 radical (unpaired) electrons. The summed E-state index contributed by atoms with van der Waals surface area (Å²) in [5.74, 6) is 3.33. The molecule has 0 spiro atoms. The van der Waals surface area contributed by atoms with Gasteiger partial charge in [-0.2, -0.15) is 4.98 Å². The quantitative estimate of drug-likeness (QED) is 0.681. The van der Waals surface area contributed by atoms with E-state index in [-0.39, 0.29) is 5.56 Å². The Morgan fingerprint density at radius 2 is 1.73 bits per heavy atom. The van der Waals surface area contributed by atoms with Crippen molar-refractivity contribution in [2.45, 2.75) is 6.92 Å². The summed E-state index contributed by atoms with van der Waals surface area (Å²) in [6.45, 7) is 4.76. The number of benzene rings is 1. The molecule has 1 saturated heterocycles. The molecule has 0 aliphatic carbocycles. The number of pyridine rings is 1. The van der Waals surface area contributed by atoms with E-state index < -0.39 is 0 Å². The minimum Gasteiger partial charge on any atom is -0.497 e. The number of methoxy groups -OCH3 is 3. The number of rotatable bonds is 5. The fraction of sp³-hybridized carbons (Fsp3) is 0.381. The molecule has 9 heteroatoms. The number of aromatic amines is 1. The van der Waals surface area contributed by atoms with Gasteiger partial charge >= 0.3 is 0 Å². The van der Waals surface area contributed by atoms with Gasteiger partial charge in [0, 0.05) is 50.1 Å². The Bertz CT molecular complexity index is 1120. The lowest BCUT2D eigenvalue weighted by Gasteiger charge is -2.35. The molecule has 1 fully saturated rings. The molecular formula is C21H25N5O4. The van der Waals surface area contributed by atoms with Gasteiger partial charge in [-0.25, -0.2) is 4.98 Å². The van der Waals surface area contributed by atoms with E-state index >= 15 is 0 Å². The SMILES string of the molecule is COc1ccnc(N2CCN(c3nc(=O)c4c(C)c(OC)c(OC)cc4[nH]3)CC2)c1. The van der Waals surface area contributed by atoms with Crippen molar-refractivity contribution in [2.24, 2.45) is 0 Å². The van der Waals surface area contributed by atoms with Gasteiger partial charge in [0.05, 0.1) is 32.2 Å². The van der Waals surface area contributed by atoms with Gasteiger partial charge in [-0.3, -0.25) is 4.79 Å². The average Bonchev–Trinajstić information content (AvgIpc) is 2.78. The maximum absolute atomic E-state index is 12.8. The second kappa shape index (κ2) is 8.10. The highest BCUT2D eigenvalue weighted by atomic mass is 16.5. The number of nitrogens with zero attached hydrogens (tertiary/aromatic N) is 4. The van der Waals surface area contributed by atoms with Gasteiger partial charge in [0.2, 0.25) is 5.95 Å². The molecule has 0 bridgehead atoms. The van der Waals surface area contributed by atoms with Crippen LogP contribution in [-0.2, 0) is 0 Å². The Hall–Kier alpha value is -3.49. The fourth-order valence-electron chi connectivity index (χ4n) is 3.85.